The molecule has 0 saturated carbocycles. The van der Waals surface area contributed by atoms with Crippen LogP contribution in [0, 0.1) is 0 Å². The molecule has 90 valence electrons. The highest BCUT2D eigenvalue weighted by atomic mass is 35.5. The van der Waals surface area contributed by atoms with E-state index >= 15 is 0 Å². The van der Waals surface area contributed by atoms with Crippen LogP contribution >= 0.6 is 11.6 Å². The van der Waals surface area contributed by atoms with E-state index in [4.69, 9.17) is 22.4 Å². The number of hydrogen-bond acceptors (Lipinski definition) is 4. The molecule has 0 fully saturated rings. The summed E-state index contributed by atoms with van der Waals surface area (Å²) in [5, 5.41) is 8.56. The normalized spacial score (nSPS) is 13.7. The molecule has 0 aromatic carbocycles. The molecule has 0 saturated heterocycles. The van der Waals surface area contributed by atoms with Crippen molar-refractivity contribution in [1.29, 1.82) is 0 Å². The Labute approximate surface area is 97.7 Å². The van der Waals surface area contributed by atoms with Crippen LogP contribution in [0.3, 0.4) is 0 Å². The Morgan fingerprint density at radius 1 is 1.62 bits per heavy atom. The van der Waals surface area contributed by atoms with Crippen LogP contribution in [0.4, 0.5) is 0 Å². The third kappa shape index (κ3) is 2.75. The summed E-state index contributed by atoms with van der Waals surface area (Å²) in [6.07, 6.45) is 0.603. The first-order chi connectivity index (χ1) is 7.23. The number of carboxylic acids is 1. The minimum Gasteiger partial charge on any atom is -0.481 e. The minimum absolute atomic E-state index is 0.0154. The zero-order valence-corrected chi connectivity index (χ0v) is 9.99. The highest BCUT2D eigenvalue weighted by Crippen LogP contribution is 2.23. The van der Waals surface area contributed by atoms with Gasteiger partial charge in [-0.15, -0.1) is 0 Å². The molecular formula is C8H11ClN2O4S. The third-order valence-electron chi connectivity index (χ3n) is 1.93. The predicted molar refractivity (Wildman–Crippen MR) is 58.9 cm³/mol. The zero-order chi connectivity index (χ0) is 12.5. The first-order valence-corrected chi connectivity index (χ1v) is 6.51. The molecule has 0 aliphatic heterocycles. The highest BCUT2D eigenvalue weighted by molar-refractivity contribution is 7.89. The summed E-state index contributed by atoms with van der Waals surface area (Å²) in [4.78, 5) is 10.5. The molecule has 1 heterocycles. The number of hydrogen-bond donors (Lipinski definition) is 2. The Morgan fingerprint density at radius 2 is 2.19 bits per heavy atom. The molecule has 8 heteroatoms. The Bertz CT molecular complexity index is 508. The van der Waals surface area contributed by atoms with Crippen LogP contribution in [-0.2, 0) is 14.8 Å². The smallest absolute Gasteiger partial charge is 0.305 e. The van der Waals surface area contributed by atoms with E-state index in [9.17, 15) is 13.2 Å². The molecular weight excluding hydrogens is 256 g/mol. The van der Waals surface area contributed by atoms with E-state index in [0.29, 0.717) is 0 Å². The van der Waals surface area contributed by atoms with Crippen molar-refractivity contribution < 1.29 is 18.3 Å². The van der Waals surface area contributed by atoms with Crippen LogP contribution in [0.5, 0.6) is 0 Å². The van der Waals surface area contributed by atoms with Crippen LogP contribution in [0.25, 0.3) is 0 Å². The van der Waals surface area contributed by atoms with Gasteiger partial charge in [0.2, 0.25) is 10.0 Å². The number of nitrogens with zero attached hydrogens (tertiary/aromatic N) is 1. The SMILES string of the molecule is CS(=O)(=O)n1c(Cl)ccc1C(N)CC(=O)O. The van der Waals surface area contributed by atoms with Gasteiger partial charge < -0.3 is 10.8 Å². The molecule has 1 atom stereocenters. The van der Waals surface area contributed by atoms with E-state index in [1.165, 1.54) is 12.1 Å². The van der Waals surface area contributed by atoms with E-state index in [1.807, 2.05) is 0 Å². The quantitative estimate of drug-likeness (QED) is 0.822. The molecule has 0 bridgehead atoms. The van der Waals surface area contributed by atoms with Gasteiger partial charge in [-0.3, -0.25) is 4.79 Å². The van der Waals surface area contributed by atoms with Gasteiger partial charge in [0.25, 0.3) is 0 Å². The Morgan fingerprint density at radius 3 is 2.62 bits per heavy atom. The molecule has 0 amide bonds. The maximum absolute atomic E-state index is 11.4. The molecule has 16 heavy (non-hydrogen) atoms. The average molecular weight is 267 g/mol. The third-order valence-corrected chi connectivity index (χ3v) is 3.39. The number of carboxylic acid groups (broad SMARTS) is 1. The summed E-state index contributed by atoms with van der Waals surface area (Å²) in [7, 11) is -3.59. The van der Waals surface area contributed by atoms with Crippen LogP contribution in [-0.4, -0.2) is 29.7 Å². The molecule has 0 radical (unpaired) electrons. The van der Waals surface area contributed by atoms with Crippen molar-refractivity contribution in [2.75, 3.05) is 6.26 Å². The van der Waals surface area contributed by atoms with Gasteiger partial charge in [0, 0.05) is 0 Å². The molecule has 1 aromatic heterocycles. The van der Waals surface area contributed by atoms with E-state index in [2.05, 4.69) is 0 Å². The molecule has 1 unspecified atom stereocenters. The fourth-order valence-corrected chi connectivity index (χ4v) is 2.82. The van der Waals surface area contributed by atoms with Crippen molar-refractivity contribution in [1.82, 2.24) is 3.97 Å². The van der Waals surface area contributed by atoms with Crippen molar-refractivity contribution in [3.63, 3.8) is 0 Å². The minimum atomic E-state index is -3.59. The van der Waals surface area contributed by atoms with Crippen LogP contribution in [0.2, 0.25) is 5.15 Å². The number of aromatic nitrogens is 1. The van der Waals surface area contributed by atoms with Crippen molar-refractivity contribution >= 4 is 27.6 Å². The van der Waals surface area contributed by atoms with Gasteiger partial charge in [0.15, 0.2) is 0 Å². The fraction of sp³-hybridized carbons (Fsp3) is 0.375. The maximum atomic E-state index is 11.4. The fourth-order valence-electron chi connectivity index (χ4n) is 1.33. The molecule has 0 spiro atoms. The molecule has 3 N–H and O–H groups in total. The number of carbonyl (C=O) groups is 1. The van der Waals surface area contributed by atoms with Crippen LogP contribution < -0.4 is 5.73 Å². The van der Waals surface area contributed by atoms with Crippen LogP contribution in [0.15, 0.2) is 12.1 Å². The molecule has 6 nitrogen and oxygen atoms in total. The van der Waals surface area contributed by atoms with Crippen molar-refractivity contribution in [2.24, 2.45) is 5.73 Å². The van der Waals surface area contributed by atoms with Crippen LogP contribution in [0.1, 0.15) is 18.2 Å². The van der Waals surface area contributed by atoms with E-state index in [1.54, 1.807) is 0 Å². The van der Waals surface area contributed by atoms with Gasteiger partial charge in [-0.1, -0.05) is 11.6 Å². The summed E-state index contributed by atoms with van der Waals surface area (Å²) in [5.41, 5.74) is 5.74. The van der Waals surface area contributed by atoms with Gasteiger partial charge in [-0.2, -0.15) is 0 Å². The monoisotopic (exact) mass is 266 g/mol. The Balaban J connectivity index is 3.21. The van der Waals surface area contributed by atoms with Gasteiger partial charge >= 0.3 is 5.97 Å². The van der Waals surface area contributed by atoms with E-state index in [-0.39, 0.29) is 17.3 Å². The second kappa shape index (κ2) is 4.44. The Kier molecular flexibility index (Phi) is 3.61. The van der Waals surface area contributed by atoms with Gasteiger partial charge in [-0.25, -0.2) is 12.4 Å². The summed E-state index contributed by atoms with van der Waals surface area (Å²) in [6, 6.07) is 1.84. The highest BCUT2D eigenvalue weighted by Gasteiger charge is 2.21. The lowest BCUT2D eigenvalue weighted by Crippen LogP contribution is -2.22. The van der Waals surface area contributed by atoms with Crippen molar-refractivity contribution in [2.45, 2.75) is 12.5 Å². The Hall–Kier alpha value is -1.05. The van der Waals surface area contributed by atoms with Gasteiger partial charge in [0.05, 0.1) is 24.4 Å². The standard InChI is InChI=1S/C8H11ClN2O4S/c1-16(14,15)11-6(2-3-7(11)9)5(10)4-8(12)13/h2-3,5H,4,10H2,1H3,(H,12,13). The first kappa shape index (κ1) is 13.0. The van der Waals surface area contributed by atoms with Crippen molar-refractivity contribution in [3.05, 3.63) is 23.0 Å². The van der Waals surface area contributed by atoms with E-state index in [0.717, 1.165) is 10.2 Å². The lowest BCUT2D eigenvalue weighted by atomic mass is 10.1. The average Bonchev–Trinajstić information content (AvgIpc) is 2.44. The summed E-state index contributed by atoms with van der Waals surface area (Å²) >= 11 is 5.69. The second-order valence-electron chi connectivity index (χ2n) is 3.31. The molecule has 0 aliphatic carbocycles. The number of nitrogens with two attached hydrogens (primary N) is 1. The van der Waals surface area contributed by atoms with E-state index < -0.39 is 22.0 Å². The number of rotatable bonds is 4. The lowest BCUT2D eigenvalue weighted by molar-refractivity contribution is -0.137. The molecule has 1 aromatic rings. The first-order valence-electron chi connectivity index (χ1n) is 4.28. The maximum Gasteiger partial charge on any atom is 0.305 e. The number of halogens is 1. The summed E-state index contributed by atoms with van der Waals surface area (Å²) < 4.78 is 23.6. The lowest BCUT2D eigenvalue weighted by Gasteiger charge is -2.12. The molecule has 0 aliphatic rings. The number of aliphatic carboxylic acids is 1. The van der Waals surface area contributed by atoms with Gasteiger partial charge in [0.1, 0.15) is 5.15 Å². The summed E-state index contributed by atoms with van der Waals surface area (Å²) in [6.45, 7) is 0. The summed E-state index contributed by atoms with van der Waals surface area (Å²) in [5.74, 6) is -1.11. The second-order valence-corrected chi connectivity index (χ2v) is 5.53. The largest absolute Gasteiger partial charge is 0.481 e. The molecule has 1 rings (SSSR count). The zero-order valence-electron chi connectivity index (χ0n) is 8.42. The predicted octanol–water partition coefficient (Wildman–Crippen LogP) is 0.424. The van der Waals surface area contributed by atoms with Crippen molar-refractivity contribution in [3.8, 4) is 0 Å². The van der Waals surface area contributed by atoms with Gasteiger partial charge in [-0.05, 0) is 12.1 Å². The topological polar surface area (TPSA) is 102 Å².